The highest BCUT2D eigenvalue weighted by Gasteiger charge is 2.19. The van der Waals surface area contributed by atoms with E-state index in [4.69, 9.17) is 10.5 Å². The summed E-state index contributed by atoms with van der Waals surface area (Å²) in [5.74, 6) is 0.682. The normalized spacial score (nSPS) is 20.5. The van der Waals surface area contributed by atoms with Crippen molar-refractivity contribution >= 4 is 27.6 Å². The highest BCUT2D eigenvalue weighted by atomic mass is 32.2. The molecule has 7 nitrogen and oxygen atoms in total. The van der Waals surface area contributed by atoms with E-state index >= 15 is 0 Å². The SMILES string of the molecule is COc1cc(S2=CC(NC(=O)CN)=CN2)ccc1N1CCN(C)CC1. The molecule has 136 valence electrons. The van der Waals surface area contributed by atoms with Gasteiger partial charge in [0.15, 0.2) is 0 Å². The standard InChI is InChI=1S/C17H25N5O2S/c1-21-5-7-22(8-6-21)15-4-3-14(9-16(15)24-2)25-12-13(11-19-25)20-17(23)10-18/h3-4,9,11-12,19H,5-8,10,18H2,1-2H3,(H,20,23). The summed E-state index contributed by atoms with van der Waals surface area (Å²) >= 11 is 0. The fourth-order valence-electron chi connectivity index (χ4n) is 2.84. The van der Waals surface area contributed by atoms with Gasteiger partial charge in [-0.05, 0) is 25.2 Å². The second-order valence-corrected chi connectivity index (χ2v) is 7.67. The Hall–Kier alpha value is -2.03. The number of hydrogen-bond donors (Lipinski definition) is 3. The number of anilines is 1. The first-order chi connectivity index (χ1) is 12.1. The zero-order valence-electron chi connectivity index (χ0n) is 14.6. The Morgan fingerprint density at radius 2 is 2.12 bits per heavy atom. The summed E-state index contributed by atoms with van der Waals surface area (Å²) in [6.07, 6.45) is 1.80. The van der Waals surface area contributed by atoms with E-state index in [-0.39, 0.29) is 23.1 Å². The van der Waals surface area contributed by atoms with E-state index in [1.165, 1.54) is 0 Å². The van der Waals surface area contributed by atoms with Crippen LogP contribution in [0.4, 0.5) is 5.69 Å². The van der Waals surface area contributed by atoms with Gasteiger partial charge in [0.2, 0.25) is 5.91 Å². The molecule has 0 radical (unpaired) electrons. The van der Waals surface area contributed by atoms with Gasteiger partial charge in [-0.1, -0.05) is 10.7 Å². The van der Waals surface area contributed by atoms with E-state index in [0.29, 0.717) is 0 Å². The third-order valence-electron chi connectivity index (χ3n) is 4.30. The number of allylic oxidation sites excluding steroid dienone is 1. The summed E-state index contributed by atoms with van der Waals surface area (Å²) in [6.45, 7) is 4.09. The van der Waals surface area contributed by atoms with Crippen LogP contribution in [0.2, 0.25) is 0 Å². The van der Waals surface area contributed by atoms with Crippen molar-refractivity contribution < 1.29 is 9.53 Å². The van der Waals surface area contributed by atoms with Crippen molar-refractivity contribution in [3.8, 4) is 5.75 Å². The lowest BCUT2D eigenvalue weighted by Crippen LogP contribution is -2.44. The number of piperazine rings is 1. The Kier molecular flexibility index (Phi) is 5.62. The van der Waals surface area contributed by atoms with Gasteiger partial charge in [-0.25, -0.2) is 0 Å². The summed E-state index contributed by atoms with van der Waals surface area (Å²) in [5, 5.41) is 4.76. The summed E-state index contributed by atoms with van der Waals surface area (Å²) < 4.78 is 8.93. The smallest absolute Gasteiger partial charge is 0.238 e. The number of nitrogens with two attached hydrogens (primary N) is 1. The van der Waals surface area contributed by atoms with Crippen LogP contribution < -0.4 is 25.4 Å². The molecule has 1 aromatic rings. The van der Waals surface area contributed by atoms with Crippen molar-refractivity contribution in [3.05, 3.63) is 30.1 Å². The Balaban J connectivity index is 1.76. The van der Waals surface area contributed by atoms with Gasteiger partial charge in [0.05, 0.1) is 25.0 Å². The molecule has 25 heavy (non-hydrogen) atoms. The number of benzene rings is 1. The lowest BCUT2D eigenvalue weighted by atomic mass is 10.2. The molecule has 0 aliphatic carbocycles. The minimum atomic E-state index is -0.300. The lowest BCUT2D eigenvalue weighted by molar-refractivity contribution is -0.118. The number of amides is 1. The molecule has 1 amide bonds. The molecule has 0 saturated carbocycles. The van der Waals surface area contributed by atoms with Gasteiger partial charge in [0.1, 0.15) is 5.75 Å². The third-order valence-corrected chi connectivity index (χ3v) is 5.93. The average molecular weight is 363 g/mol. The molecule has 2 aliphatic rings. The Morgan fingerprint density at radius 3 is 2.80 bits per heavy atom. The van der Waals surface area contributed by atoms with Crippen molar-refractivity contribution in [2.75, 3.05) is 51.8 Å². The highest BCUT2D eigenvalue weighted by molar-refractivity contribution is 8.14. The number of rotatable bonds is 5. The number of hydrogen-bond acceptors (Lipinski definition) is 6. The van der Waals surface area contributed by atoms with Gasteiger partial charge in [-0.15, -0.1) is 0 Å². The van der Waals surface area contributed by atoms with Crippen molar-refractivity contribution in [2.45, 2.75) is 4.90 Å². The number of methoxy groups -OCH3 is 1. The molecular weight excluding hydrogens is 338 g/mol. The Labute approximate surface area is 150 Å². The summed E-state index contributed by atoms with van der Waals surface area (Å²) in [6, 6.07) is 6.31. The van der Waals surface area contributed by atoms with Crippen LogP contribution in [0.5, 0.6) is 5.75 Å². The van der Waals surface area contributed by atoms with Crippen LogP contribution in [-0.2, 0) is 4.79 Å². The van der Waals surface area contributed by atoms with Crippen molar-refractivity contribution in [2.24, 2.45) is 5.73 Å². The average Bonchev–Trinajstić information content (AvgIpc) is 3.10. The molecule has 1 atom stereocenters. The molecule has 0 bridgehead atoms. The zero-order valence-corrected chi connectivity index (χ0v) is 15.4. The lowest BCUT2D eigenvalue weighted by Gasteiger charge is -2.34. The maximum atomic E-state index is 11.4. The molecule has 3 rings (SSSR count). The second-order valence-electron chi connectivity index (χ2n) is 6.05. The first-order valence-electron chi connectivity index (χ1n) is 8.26. The minimum Gasteiger partial charge on any atom is -0.495 e. The van der Waals surface area contributed by atoms with Crippen LogP contribution >= 0.6 is 10.7 Å². The van der Waals surface area contributed by atoms with Crippen molar-refractivity contribution in [3.63, 3.8) is 0 Å². The van der Waals surface area contributed by atoms with E-state index in [1.807, 2.05) is 5.37 Å². The fourth-order valence-corrected chi connectivity index (χ4v) is 4.26. The summed E-state index contributed by atoms with van der Waals surface area (Å²) in [5.41, 5.74) is 7.22. The molecule has 2 heterocycles. The monoisotopic (exact) mass is 363 g/mol. The van der Waals surface area contributed by atoms with Crippen molar-refractivity contribution in [1.82, 2.24) is 14.9 Å². The highest BCUT2D eigenvalue weighted by Crippen LogP contribution is 2.36. The molecule has 1 fully saturated rings. The number of nitrogens with zero attached hydrogens (tertiary/aromatic N) is 2. The second kappa shape index (κ2) is 7.90. The molecule has 8 heteroatoms. The molecule has 1 aromatic carbocycles. The molecule has 1 saturated heterocycles. The third kappa shape index (κ3) is 4.15. The molecule has 4 N–H and O–H groups in total. The van der Waals surface area contributed by atoms with Crippen LogP contribution in [0, 0.1) is 0 Å². The van der Waals surface area contributed by atoms with Crippen molar-refractivity contribution in [1.29, 1.82) is 0 Å². The topological polar surface area (TPSA) is 82.9 Å². The molecule has 0 spiro atoms. The predicted molar refractivity (Wildman–Crippen MR) is 103 cm³/mol. The van der Waals surface area contributed by atoms with Crippen LogP contribution in [0.3, 0.4) is 0 Å². The summed E-state index contributed by atoms with van der Waals surface area (Å²) in [4.78, 5) is 17.2. The molecule has 0 aromatic heterocycles. The van der Waals surface area contributed by atoms with Crippen LogP contribution in [-0.4, -0.2) is 63.1 Å². The van der Waals surface area contributed by atoms with Gasteiger partial charge >= 0.3 is 0 Å². The van der Waals surface area contributed by atoms with Gasteiger partial charge < -0.3 is 30.3 Å². The largest absolute Gasteiger partial charge is 0.495 e. The van der Waals surface area contributed by atoms with Gasteiger partial charge in [0, 0.05) is 42.6 Å². The van der Waals surface area contributed by atoms with E-state index in [0.717, 1.165) is 48.2 Å². The van der Waals surface area contributed by atoms with Gasteiger partial charge in [-0.2, -0.15) is 0 Å². The maximum Gasteiger partial charge on any atom is 0.238 e. The zero-order chi connectivity index (χ0) is 17.8. The maximum absolute atomic E-state index is 11.4. The van der Waals surface area contributed by atoms with E-state index < -0.39 is 0 Å². The Morgan fingerprint density at radius 1 is 1.36 bits per heavy atom. The number of carbonyl (C=O) groups is 1. The van der Waals surface area contributed by atoms with Gasteiger partial charge in [-0.3, -0.25) is 4.79 Å². The van der Waals surface area contributed by atoms with Crippen LogP contribution in [0.25, 0.3) is 0 Å². The molecule has 2 aliphatic heterocycles. The van der Waals surface area contributed by atoms with Crippen LogP contribution in [0.1, 0.15) is 0 Å². The first kappa shape index (κ1) is 17.8. The quantitative estimate of drug-likeness (QED) is 0.653. The number of nitrogens with one attached hydrogen (secondary N) is 2. The van der Waals surface area contributed by atoms with E-state index in [1.54, 1.807) is 13.3 Å². The summed E-state index contributed by atoms with van der Waals surface area (Å²) in [7, 11) is 3.55. The molecule has 1 unspecified atom stereocenters. The number of likely N-dealkylation sites (N-methyl/N-ethyl adjacent to an activating group) is 1. The number of ether oxygens (including phenoxy) is 1. The van der Waals surface area contributed by atoms with Gasteiger partial charge in [0.25, 0.3) is 0 Å². The van der Waals surface area contributed by atoms with E-state index in [2.05, 4.69) is 45.1 Å². The minimum absolute atomic E-state index is 0.0213. The first-order valence-corrected chi connectivity index (χ1v) is 9.55. The number of carbonyl (C=O) groups excluding carboxylic acids is 1. The predicted octanol–water partition coefficient (Wildman–Crippen LogP) is 0.312. The van der Waals surface area contributed by atoms with Crippen LogP contribution in [0.15, 0.2) is 35.0 Å². The molecular formula is C17H25N5O2S. The fraction of sp³-hybridized carbons (Fsp3) is 0.412. The Bertz CT molecular complexity index is 711. The van der Waals surface area contributed by atoms with E-state index in [9.17, 15) is 4.79 Å².